The van der Waals surface area contributed by atoms with Crippen molar-refractivity contribution < 1.29 is 13.2 Å². The number of halogens is 4. The highest BCUT2D eigenvalue weighted by molar-refractivity contribution is 7.99. The van der Waals surface area contributed by atoms with Crippen LogP contribution in [0.5, 0.6) is 0 Å². The smallest absolute Gasteiger partial charge is 0.240 e. The lowest BCUT2D eigenvalue weighted by Crippen LogP contribution is -2.04. The molecule has 0 aliphatic heterocycles. The fourth-order valence-corrected chi connectivity index (χ4v) is 3.22. The molecule has 3 rings (SSSR count). The Kier molecular flexibility index (Phi) is 5.21. The van der Waals surface area contributed by atoms with E-state index in [0.717, 1.165) is 17.0 Å². The standard InChI is InChI=1S/C19H10ClF3N2S/c20-15-5-7-16(8-6-15)26-18-13(11-24)4-9-17(25-18)12-2-1-3-14(10-12)19(21,22)23/h1-10H. The normalized spacial score (nSPS) is 11.2. The molecular formula is C19H10ClF3N2S. The molecule has 0 aliphatic rings. The first-order chi connectivity index (χ1) is 12.4. The Morgan fingerprint density at radius 1 is 1.00 bits per heavy atom. The van der Waals surface area contributed by atoms with E-state index in [4.69, 9.17) is 11.6 Å². The van der Waals surface area contributed by atoms with E-state index in [0.29, 0.717) is 26.9 Å². The van der Waals surface area contributed by atoms with Gasteiger partial charge in [-0.05, 0) is 48.5 Å². The first-order valence-corrected chi connectivity index (χ1v) is 8.58. The van der Waals surface area contributed by atoms with Crippen LogP contribution in [0.4, 0.5) is 13.2 Å². The largest absolute Gasteiger partial charge is 0.416 e. The van der Waals surface area contributed by atoms with Crippen LogP contribution < -0.4 is 0 Å². The molecule has 0 radical (unpaired) electrons. The van der Waals surface area contributed by atoms with Crippen molar-refractivity contribution in [2.45, 2.75) is 16.1 Å². The predicted molar refractivity (Wildman–Crippen MR) is 95.0 cm³/mol. The third-order valence-electron chi connectivity index (χ3n) is 3.49. The summed E-state index contributed by atoms with van der Waals surface area (Å²) < 4.78 is 38.8. The second-order valence-electron chi connectivity index (χ2n) is 5.30. The number of hydrogen-bond donors (Lipinski definition) is 0. The lowest BCUT2D eigenvalue weighted by atomic mass is 10.1. The third-order valence-corrected chi connectivity index (χ3v) is 4.76. The number of hydrogen-bond acceptors (Lipinski definition) is 3. The van der Waals surface area contributed by atoms with Gasteiger partial charge in [0.15, 0.2) is 0 Å². The number of nitrogens with zero attached hydrogens (tertiary/aromatic N) is 2. The second-order valence-corrected chi connectivity index (χ2v) is 6.79. The minimum Gasteiger partial charge on any atom is -0.240 e. The van der Waals surface area contributed by atoms with Gasteiger partial charge in [0.25, 0.3) is 0 Å². The SMILES string of the molecule is N#Cc1ccc(-c2cccc(C(F)(F)F)c2)nc1Sc1ccc(Cl)cc1. The van der Waals surface area contributed by atoms with Gasteiger partial charge in [-0.3, -0.25) is 0 Å². The minimum atomic E-state index is -4.43. The highest BCUT2D eigenvalue weighted by atomic mass is 35.5. The van der Waals surface area contributed by atoms with E-state index in [9.17, 15) is 18.4 Å². The van der Waals surface area contributed by atoms with Crippen LogP contribution in [0.15, 0.2) is 70.6 Å². The van der Waals surface area contributed by atoms with Crippen LogP contribution in [0.3, 0.4) is 0 Å². The quantitative estimate of drug-likeness (QED) is 0.516. The zero-order valence-electron chi connectivity index (χ0n) is 13.1. The molecule has 130 valence electrons. The second kappa shape index (κ2) is 7.40. The highest BCUT2D eigenvalue weighted by Gasteiger charge is 2.30. The van der Waals surface area contributed by atoms with Gasteiger partial charge in [0.2, 0.25) is 0 Å². The molecule has 0 fully saturated rings. The highest BCUT2D eigenvalue weighted by Crippen LogP contribution is 2.34. The molecule has 0 bridgehead atoms. The first kappa shape index (κ1) is 18.3. The Labute approximate surface area is 157 Å². The van der Waals surface area contributed by atoms with E-state index in [2.05, 4.69) is 11.1 Å². The molecule has 1 heterocycles. The molecule has 3 aromatic rings. The summed E-state index contributed by atoms with van der Waals surface area (Å²) in [5.41, 5.74) is 0.308. The maximum Gasteiger partial charge on any atom is 0.416 e. The van der Waals surface area contributed by atoms with Crippen LogP contribution in [0.25, 0.3) is 11.3 Å². The van der Waals surface area contributed by atoms with Crippen molar-refractivity contribution in [3.05, 3.63) is 76.8 Å². The molecule has 0 saturated carbocycles. The van der Waals surface area contributed by atoms with Crippen molar-refractivity contribution >= 4 is 23.4 Å². The number of benzene rings is 2. The summed E-state index contributed by atoms with van der Waals surface area (Å²) in [5, 5.41) is 10.3. The molecule has 7 heteroatoms. The molecule has 0 N–H and O–H groups in total. The average Bonchev–Trinajstić information content (AvgIpc) is 2.63. The van der Waals surface area contributed by atoms with Gasteiger partial charge in [-0.15, -0.1) is 0 Å². The summed E-state index contributed by atoms with van der Waals surface area (Å²) >= 11 is 7.11. The van der Waals surface area contributed by atoms with E-state index in [-0.39, 0.29) is 0 Å². The molecule has 1 aromatic heterocycles. The summed E-state index contributed by atoms with van der Waals surface area (Å²) in [7, 11) is 0. The lowest BCUT2D eigenvalue weighted by molar-refractivity contribution is -0.137. The van der Waals surface area contributed by atoms with Crippen LogP contribution in [-0.2, 0) is 6.18 Å². The van der Waals surface area contributed by atoms with Crippen molar-refractivity contribution in [2.75, 3.05) is 0 Å². The van der Waals surface area contributed by atoms with Gasteiger partial charge in [0, 0.05) is 15.5 Å². The lowest BCUT2D eigenvalue weighted by Gasteiger charge is -2.10. The number of alkyl halides is 3. The van der Waals surface area contributed by atoms with Gasteiger partial charge in [-0.1, -0.05) is 35.5 Å². The van der Waals surface area contributed by atoms with E-state index < -0.39 is 11.7 Å². The number of rotatable bonds is 3. The van der Waals surface area contributed by atoms with E-state index in [1.54, 1.807) is 42.5 Å². The number of nitriles is 1. The van der Waals surface area contributed by atoms with Gasteiger partial charge in [-0.2, -0.15) is 18.4 Å². The zero-order valence-corrected chi connectivity index (χ0v) is 14.7. The third kappa shape index (κ3) is 4.18. The maximum atomic E-state index is 12.9. The molecule has 2 aromatic carbocycles. The topological polar surface area (TPSA) is 36.7 Å². The average molecular weight is 391 g/mol. The van der Waals surface area contributed by atoms with Gasteiger partial charge < -0.3 is 0 Å². The zero-order chi connectivity index (χ0) is 18.7. The summed E-state index contributed by atoms with van der Waals surface area (Å²) in [5.74, 6) is 0. The van der Waals surface area contributed by atoms with Crippen molar-refractivity contribution in [1.29, 1.82) is 5.26 Å². The van der Waals surface area contributed by atoms with Gasteiger partial charge in [0.1, 0.15) is 11.1 Å². The molecule has 0 unspecified atom stereocenters. The fraction of sp³-hybridized carbons (Fsp3) is 0.0526. The molecule has 0 aliphatic carbocycles. The van der Waals surface area contributed by atoms with E-state index in [1.807, 2.05) is 0 Å². The monoisotopic (exact) mass is 390 g/mol. The Bertz CT molecular complexity index is 979. The van der Waals surface area contributed by atoms with Gasteiger partial charge in [-0.25, -0.2) is 4.98 Å². The fourth-order valence-electron chi connectivity index (χ4n) is 2.23. The molecule has 0 spiro atoms. The van der Waals surface area contributed by atoms with Crippen molar-refractivity contribution in [2.24, 2.45) is 0 Å². The Balaban J connectivity index is 2.00. The van der Waals surface area contributed by atoms with Crippen LogP contribution >= 0.6 is 23.4 Å². The Morgan fingerprint density at radius 2 is 1.73 bits per heavy atom. The van der Waals surface area contributed by atoms with Crippen LogP contribution in [0.2, 0.25) is 5.02 Å². The minimum absolute atomic E-state index is 0.335. The van der Waals surface area contributed by atoms with Gasteiger partial charge in [0.05, 0.1) is 16.8 Å². The summed E-state index contributed by atoms with van der Waals surface area (Å²) in [6.45, 7) is 0. The Morgan fingerprint density at radius 3 is 2.38 bits per heavy atom. The van der Waals surface area contributed by atoms with E-state index in [1.165, 1.54) is 17.8 Å². The molecule has 0 amide bonds. The molecule has 26 heavy (non-hydrogen) atoms. The predicted octanol–water partition coefficient (Wildman–Crippen LogP) is 6.44. The Hall–Kier alpha value is -2.49. The molecule has 0 saturated heterocycles. The van der Waals surface area contributed by atoms with Crippen molar-refractivity contribution in [3.8, 4) is 17.3 Å². The summed E-state index contributed by atoms with van der Waals surface area (Å²) in [6.07, 6.45) is -4.43. The van der Waals surface area contributed by atoms with Crippen LogP contribution in [-0.4, -0.2) is 4.98 Å². The molecule has 0 atom stereocenters. The van der Waals surface area contributed by atoms with E-state index >= 15 is 0 Å². The van der Waals surface area contributed by atoms with Crippen molar-refractivity contribution in [3.63, 3.8) is 0 Å². The van der Waals surface area contributed by atoms with Crippen molar-refractivity contribution in [1.82, 2.24) is 4.98 Å². The van der Waals surface area contributed by atoms with Gasteiger partial charge >= 0.3 is 6.18 Å². The molecular weight excluding hydrogens is 381 g/mol. The summed E-state index contributed by atoms with van der Waals surface area (Å²) in [4.78, 5) is 5.21. The number of pyridine rings is 1. The maximum absolute atomic E-state index is 12.9. The van der Waals surface area contributed by atoms with Crippen LogP contribution in [0, 0.1) is 11.3 Å². The molecule has 2 nitrogen and oxygen atoms in total. The first-order valence-electron chi connectivity index (χ1n) is 7.39. The van der Waals surface area contributed by atoms with Crippen LogP contribution in [0.1, 0.15) is 11.1 Å². The number of aromatic nitrogens is 1. The summed E-state index contributed by atoms with van der Waals surface area (Å²) in [6, 6.07) is 17.1.